The van der Waals surface area contributed by atoms with E-state index in [1.54, 1.807) is 37.1 Å². The van der Waals surface area contributed by atoms with Crippen LogP contribution in [-0.4, -0.2) is 16.6 Å². The first-order chi connectivity index (χ1) is 9.91. The van der Waals surface area contributed by atoms with E-state index in [1.807, 2.05) is 0 Å². The van der Waals surface area contributed by atoms with Gasteiger partial charge in [0.15, 0.2) is 0 Å². The van der Waals surface area contributed by atoms with Crippen LogP contribution in [0.4, 0.5) is 13.2 Å². The minimum Gasteiger partial charge on any atom is -0.485 e. The van der Waals surface area contributed by atoms with Gasteiger partial charge in [-0.2, -0.15) is 13.2 Å². The largest absolute Gasteiger partial charge is 0.485 e. The molecule has 2 rings (SSSR count). The van der Waals surface area contributed by atoms with Crippen LogP contribution in [0.15, 0.2) is 30.6 Å². The van der Waals surface area contributed by atoms with Gasteiger partial charge in [0, 0.05) is 26.0 Å². The lowest BCUT2D eigenvalue weighted by atomic mass is 10.1. The lowest BCUT2D eigenvalue weighted by molar-refractivity contribution is -0.139. The molecule has 0 saturated heterocycles. The van der Waals surface area contributed by atoms with Crippen LogP contribution in [-0.2, 0) is 26.4 Å². The summed E-state index contributed by atoms with van der Waals surface area (Å²) in [6.07, 6.45) is -1.18. The SMILES string of the molecule is CNCc1ccc(OCc2nccn2C)c(C(F)(F)F)c1. The molecule has 1 aromatic heterocycles. The molecule has 0 saturated carbocycles. The fraction of sp³-hybridized carbons (Fsp3) is 0.357. The van der Waals surface area contributed by atoms with E-state index in [0.717, 1.165) is 6.07 Å². The van der Waals surface area contributed by atoms with Crippen LogP contribution in [0.1, 0.15) is 17.0 Å². The van der Waals surface area contributed by atoms with Gasteiger partial charge in [0.1, 0.15) is 18.2 Å². The van der Waals surface area contributed by atoms with Crippen molar-refractivity contribution in [2.75, 3.05) is 7.05 Å². The summed E-state index contributed by atoms with van der Waals surface area (Å²) >= 11 is 0. The van der Waals surface area contributed by atoms with Crippen LogP contribution in [0, 0.1) is 0 Å². The number of aromatic nitrogens is 2. The third-order valence-corrected chi connectivity index (χ3v) is 3.01. The molecule has 0 aliphatic heterocycles. The van der Waals surface area contributed by atoms with Crippen molar-refractivity contribution in [2.24, 2.45) is 7.05 Å². The molecule has 1 aromatic carbocycles. The van der Waals surface area contributed by atoms with E-state index in [-0.39, 0.29) is 12.4 Å². The molecule has 0 aliphatic carbocycles. The molecule has 1 N–H and O–H groups in total. The number of rotatable bonds is 5. The Morgan fingerprint density at radius 2 is 2.10 bits per heavy atom. The fourth-order valence-electron chi connectivity index (χ4n) is 1.92. The Labute approximate surface area is 120 Å². The number of ether oxygens (including phenoxy) is 1. The summed E-state index contributed by atoms with van der Waals surface area (Å²) in [5.41, 5.74) is -0.223. The van der Waals surface area contributed by atoms with Gasteiger partial charge in [0.05, 0.1) is 5.56 Å². The lowest BCUT2D eigenvalue weighted by Crippen LogP contribution is -2.12. The van der Waals surface area contributed by atoms with Crippen LogP contribution in [0.5, 0.6) is 5.75 Å². The first-order valence-electron chi connectivity index (χ1n) is 6.35. The summed E-state index contributed by atoms with van der Waals surface area (Å²) in [6, 6.07) is 4.06. The summed E-state index contributed by atoms with van der Waals surface area (Å²) < 4.78 is 46.3. The molecule has 0 spiro atoms. The van der Waals surface area contributed by atoms with Crippen LogP contribution in [0.2, 0.25) is 0 Å². The second-order valence-electron chi connectivity index (χ2n) is 4.60. The highest BCUT2D eigenvalue weighted by Gasteiger charge is 2.34. The van der Waals surface area contributed by atoms with Crippen molar-refractivity contribution in [3.05, 3.63) is 47.5 Å². The minimum atomic E-state index is -4.46. The number of nitrogens with zero attached hydrogens (tertiary/aromatic N) is 2. The van der Waals surface area contributed by atoms with Gasteiger partial charge in [-0.15, -0.1) is 0 Å². The average Bonchev–Trinajstić information content (AvgIpc) is 2.82. The highest BCUT2D eigenvalue weighted by atomic mass is 19.4. The van der Waals surface area contributed by atoms with E-state index in [2.05, 4.69) is 10.3 Å². The Bertz CT molecular complexity index is 608. The minimum absolute atomic E-state index is 0.0159. The van der Waals surface area contributed by atoms with Crippen molar-refractivity contribution in [2.45, 2.75) is 19.3 Å². The van der Waals surface area contributed by atoms with Gasteiger partial charge in [-0.1, -0.05) is 6.07 Å². The molecule has 0 unspecified atom stereocenters. The average molecular weight is 299 g/mol. The van der Waals surface area contributed by atoms with Gasteiger partial charge in [0.2, 0.25) is 0 Å². The van der Waals surface area contributed by atoms with Crippen molar-refractivity contribution in [3.8, 4) is 5.75 Å². The molecule has 0 aliphatic rings. The van der Waals surface area contributed by atoms with Gasteiger partial charge in [-0.25, -0.2) is 4.98 Å². The number of benzene rings is 1. The zero-order chi connectivity index (χ0) is 15.5. The van der Waals surface area contributed by atoms with Crippen LogP contribution in [0.25, 0.3) is 0 Å². The van der Waals surface area contributed by atoms with Crippen molar-refractivity contribution in [1.82, 2.24) is 14.9 Å². The van der Waals surface area contributed by atoms with E-state index < -0.39 is 11.7 Å². The molecule has 0 fully saturated rings. The second-order valence-corrected chi connectivity index (χ2v) is 4.60. The fourth-order valence-corrected chi connectivity index (χ4v) is 1.92. The van der Waals surface area contributed by atoms with E-state index in [0.29, 0.717) is 17.9 Å². The number of alkyl halides is 3. The monoisotopic (exact) mass is 299 g/mol. The molecule has 0 bridgehead atoms. The predicted octanol–water partition coefficient (Wildman–Crippen LogP) is 2.74. The highest BCUT2D eigenvalue weighted by molar-refractivity contribution is 5.39. The molecule has 21 heavy (non-hydrogen) atoms. The number of halogens is 3. The normalized spacial score (nSPS) is 11.7. The number of aryl methyl sites for hydroxylation is 1. The summed E-state index contributed by atoms with van der Waals surface area (Å²) in [6.45, 7) is 0.348. The molecule has 0 radical (unpaired) electrons. The predicted molar refractivity (Wildman–Crippen MR) is 71.7 cm³/mol. The molecule has 2 aromatic rings. The van der Waals surface area contributed by atoms with Crippen LogP contribution < -0.4 is 10.1 Å². The lowest BCUT2D eigenvalue weighted by Gasteiger charge is -2.15. The van der Waals surface area contributed by atoms with Gasteiger partial charge < -0.3 is 14.6 Å². The van der Waals surface area contributed by atoms with Crippen LogP contribution >= 0.6 is 0 Å². The Balaban J connectivity index is 2.23. The van der Waals surface area contributed by atoms with Crippen molar-refractivity contribution < 1.29 is 17.9 Å². The van der Waals surface area contributed by atoms with E-state index in [9.17, 15) is 13.2 Å². The Morgan fingerprint density at radius 3 is 2.67 bits per heavy atom. The number of nitrogens with one attached hydrogen (secondary N) is 1. The second kappa shape index (κ2) is 6.17. The third kappa shape index (κ3) is 3.75. The molecule has 114 valence electrons. The summed E-state index contributed by atoms with van der Waals surface area (Å²) in [4.78, 5) is 4.02. The highest BCUT2D eigenvalue weighted by Crippen LogP contribution is 2.37. The molecule has 7 heteroatoms. The first-order valence-corrected chi connectivity index (χ1v) is 6.35. The molecule has 1 heterocycles. The standard InChI is InChI=1S/C14H16F3N3O/c1-18-8-10-3-4-12(11(7-10)14(15,16)17)21-9-13-19-5-6-20(13)2/h3-7,18H,8-9H2,1-2H3. The molecule has 4 nitrogen and oxygen atoms in total. The van der Waals surface area contributed by atoms with Gasteiger partial charge in [0.25, 0.3) is 0 Å². The summed E-state index contributed by atoms with van der Waals surface area (Å²) in [5.74, 6) is 0.368. The Kier molecular flexibility index (Phi) is 4.52. The van der Waals surface area contributed by atoms with Crippen molar-refractivity contribution in [3.63, 3.8) is 0 Å². The zero-order valence-electron chi connectivity index (χ0n) is 11.7. The van der Waals surface area contributed by atoms with E-state index >= 15 is 0 Å². The summed E-state index contributed by atoms with van der Waals surface area (Å²) in [7, 11) is 3.44. The van der Waals surface area contributed by atoms with Crippen molar-refractivity contribution >= 4 is 0 Å². The molecule has 0 amide bonds. The molecular weight excluding hydrogens is 283 g/mol. The van der Waals surface area contributed by atoms with Gasteiger partial charge in [-0.05, 0) is 24.7 Å². The maximum Gasteiger partial charge on any atom is 0.419 e. The maximum absolute atomic E-state index is 13.1. The molecule has 0 atom stereocenters. The first kappa shape index (κ1) is 15.4. The Morgan fingerprint density at radius 1 is 1.33 bits per heavy atom. The van der Waals surface area contributed by atoms with Crippen LogP contribution in [0.3, 0.4) is 0 Å². The maximum atomic E-state index is 13.1. The Hall–Kier alpha value is -2.02. The zero-order valence-corrected chi connectivity index (χ0v) is 11.7. The van der Waals surface area contributed by atoms with E-state index in [4.69, 9.17) is 4.74 Å². The van der Waals surface area contributed by atoms with Gasteiger partial charge >= 0.3 is 6.18 Å². The number of hydrogen-bond donors (Lipinski definition) is 1. The van der Waals surface area contributed by atoms with Gasteiger partial charge in [-0.3, -0.25) is 0 Å². The third-order valence-electron chi connectivity index (χ3n) is 3.01. The van der Waals surface area contributed by atoms with Crippen molar-refractivity contribution in [1.29, 1.82) is 0 Å². The summed E-state index contributed by atoms with van der Waals surface area (Å²) in [5, 5.41) is 2.82. The molecular formula is C14H16F3N3O. The smallest absolute Gasteiger partial charge is 0.419 e. The van der Waals surface area contributed by atoms with E-state index in [1.165, 1.54) is 6.07 Å². The topological polar surface area (TPSA) is 39.1 Å². The number of imidazole rings is 1. The number of hydrogen-bond acceptors (Lipinski definition) is 3. The quantitative estimate of drug-likeness (QED) is 0.922.